The van der Waals surface area contributed by atoms with Crippen LogP contribution in [0.5, 0.6) is 0 Å². The van der Waals surface area contributed by atoms with Crippen molar-refractivity contribution in [3.8, 4) is 0 Å². The lowest BCUT2D eigenvalue weighted by Crippen LogP contribution is -2.43. The molecular weight excluding hydrogens is 174 g/mol. The molecule has 0 spiro atoms. The molecule has 1 fully saturated rings. The molecule has 1 aliphatic carbocycles. The Morgan fingerprint density at radius 2 is 1.71 bits per heavy atom. The van der Waals surface area contributed by atoms with Crippen LogP contribution in [0.3, 0.4) is 0 Å². The van der Waals surface area contributed by atoms with Crippen molar-refractivity contribution in [1.82, 2.24) is 5.32 Å². The van der Waals surface area contributed by atoms with Crippen molar-refractivity contribution in [2.45, 2.75) is 59.4 Å². The molecule has 0 unspecified atom stereocenters. The van der Waals surface area contributed by atoms with Gasteiger partial charge in [0.1, 0.15) is 0 Å². The lowest BCUT2D eigenvalue weighted by atomic mass is 9.87. The first-order valence-corrected chi connectivity index (χ1v) is 5.77. The molecule has 0 saturated heterocycles. The second-order valence-electron chi connectivity index (χ2n) is 5.27. The Bertz CT molecular complexity index is 204. The highest BCUT2D eigenvalue weighted by Crippen LogP contribution is 2.37. The number of rotatable bonds is 3. The van der Waals surface area contributed by atoms with Gasteiger partial charge < -0.3 is 5.32 Å². The molecule has 2 nitrogen and oxygen atoms in total. The molecule has 1 aliphatic rings. The van der Waals surface area contributed by atoms with Crippen LogP contribution in [0.15, 0.2) is 0 Å². The van der Waals surface area contributed by atoms with E-state index in [0.717, 1.165) is 12.8 Å². The third kappa shape index (κ3) is 2.49. The van der Waals surface area contributed by atoms with Crippen LogP contribution in [0.2, 0.25) is 0 Å². The van der Waals surface area contributed by atoms with Crippen LogP contribution < -0.4 is 5.32 Å². The summed E-state index contributed by atoms with van der Waals surface area (Å²) >= 11 is 0. The molecule has 1 atom stereocenters. The minimum atomic E-state index is -0.0802. The summed E-state index contributed by atoms with van der Waals surface area (Å²) in [6.45, 7) is 8.47. The highest BCUT2D eigenvalue weighted by molar-refractivity contribution is 5.82. The van der Waals surface area contributed by atoms with Crippen molar-refractivity contribution < 1.29 is 4.79 Å². The van der Waals surface area contributed by atoms with Crippen molar-refractivity contribution in [2.24, 2.45) is 11.3 Å². The molecule has 0 aromatic heterocycles. The summed E-state index contributed by atoms with van der Waals surface area (Å²) in [6, 6.07) is 0.292. The van der Waals surface area contributed by atoms with E-state index in [4.69, 9.17) is 0 Å². The lowest BCUT2D eigenvalue weighted by molar-refractivity contribution is -0.130. The first kappa shape index (κ1) is 11.5. The zero-order valence-electron chi connectivity index (χ0n) is 9.89. The highest BCUT2D eigenvalue weighted by atomic mass is 16.2. The van der Waals surface area contributed by atoms with Gasteiger partial charge in [-0.15, -0.1) is 0 Å². The fourth-order valence-electron chi connectivity index (χ4n) is 1.93. The van der Waals surface area contributed by atoms with Gasteiger partial charge >= 0.3 is 0 Å². The Morgan fingerprint density at radius 1 is 1.21 bits per heavy atom. The molecule has 0 aromatic rings. The van der Waals surface area contributed by atoms with Crippen LogP contribution in [0.1, 0.15) is 53.4 Å². The standard InChI is InChI=1S/C12H23NO/c1-9(2)10(3)13-11(14)12(4)7-5-6-8-12/h9-10H,5-8H2,1-4H3,(H,13,14)/t10-/m1/s1. The highest BCUT2D eigenvalue weighted by Gasteiger charge is 2.36. The Labute approximate surface area is 87.5 Å². The van der Waals surface area contributed by atoms with Gasteiger partial charge in [-0.1, -0.05) is 33.6 Å². The SMILES string of the molecule is CC(C)[C@@H](C)NC(=O)C1(C)CCCC1. The van der Waals surface area contributed by atoms with Crippen LogP contribution in [0.4, 0.5) is 0 Å². The minimum Gasteiger partial charge on any atom is -0.353 e. The van der Waals surface area contributed by atoms with E-state index in [1.807, 2.05) is 0 Å². The summed E-state index contributed by atoms with van der Waals surface area (Å²) in [7, 11) is 0. The first-order valence-electron chi connectivity index (χ1n) is 5.77. The normalized spacial score (nSPS) is 22.4. The van der Waals surface area contributed by atoms with E-state index in [0.29, 0.717) is 12.0 Å². The van der Waals surface area contributed by atoms with Crippen molar-refractivity contribution in [3.63, 3.8) is 0 Å². The lowest BCUT2D eigenvalue weighted by Gasteiger charge is -2.26. The molecule has 0 radical (unpaired) electrons. The van der Waals surface area contributed by atoms with E-state index in [2.05, 4.69) is 33.0 Å². The summed E-state index contributed by atoms with van der Waals surface area (Å²) in [5.41, 5.74) is -0.0802. The van der Waals surface area contributed by atoms with Crippen LogP contribution in [0, 0.1) is 11.3 Å². The van der Waals surface area contributed by atoms with Crippen LogP contribution in [0.25, 0.3) is 0 Å². The predicted octanol–water partition coefficient (Wildman–Crippen LogP) is 2.73. The Balaban J connectivity index is 2.49. The summed E-state index contributed by atoms with van der Waals surface area (Å²) in [5, 5.41) is 3.12. The molecule has 1 amide bonds. The number of hydrogen-bond donors (Lipinski definition) is 1. The summed E-state index contributed by atoms with van der Waals surface area (Å²) in [5.74, 6) is 0.778. The molecule has 82 valence electrons. The van der Waals surface area contributed by atoms with Gasteiger partial charge in [-0.2, -0.15) is 0 Å². The third-order valence-corrected chi connectivity index (χ3v) is 3.61. The summed E-state index contributed by atoms with van der Waals surface area (Å²) in [4.78, 5) is 12.0. The van der Waals surface area contributed by atoms with E-state index in [1.54, 1.807) is 0 Å². The molecular formula is C12H23NO. The Kier molecular flexibility index (Phi) is 3.57. The maximum absolute atomic E-state index is 12.0. The number of nitrogens with one attached hydrogen (secondary N) is 1. The quantitative estimate of drug-likeness (QED) is 0.740. The van der Waals surface area contributed by atoms with Gasteiger partial charge in [0, 0.05) is 11.5 Å². The zero-order valence-corrected chi connectivity index (χ0v) is 9.89. The van der Waals surface area contributed by atoms with E-state index in [1.165, 1.54) is 12.8 Å². The molecule has 1 rings (SSSR count). The number of amides is 1. The average molecular weight is 197 g/mol. The first-order chi connectivity index (χ1) is 6.46. The van der Waals surface area contributed by atoms with Gasteiger partial charge in [-0.3, -0.25) is 4.79 Å². The molecule has 0 heterocycles. The minimum absolute atomic E-state index is 0.0802. The molecule has 0 bridgehead atoms. The zero-order chi connectivity index (χ0) is 10.8. The third-order valence-electron chi connectivity index (χ3n) is 3.61. The van der Waals surface area contributed by atoms with E-state index >= 15 is 0 Å². The average Bonchev–Trinajstić information content (AvgIpc) is 2.53. The maximum Gasteiger partial charge on any atom is 0.226 e. The van der Waals surface area contributed by atoms with Gasteiger partial charge in [0.25, 0.3) is 0 Å². The van der Waals surface area contributed by atoms with Crippen molar-refractivity contribution in [3.05, 3.63) is 0 Å². The van der Waals surface area contributed by atoms with E-state index in [-0.39, 0.29) is 11.3 Å². The van der Waals surface area contributed by atoms with Crippen molar-refractivity contribution in [1.29, 1.82) is 0 Å². The molecule has 0 aliphatic heterocycles. The molecule has 1 N–H and O–H groups in total. The number of carbonyl (C=O) groups is 1. The van der Waals surface area contributed by atoms with Crippen LogP contribution in [-0.4, -0.2) is 11.9 Å². The smallest absolute Gasteiger partial charge is 0.226 e. The number of carbonyl (C=O) groups excluding carboxylic acids is 1. The van der Waals surface area contributed by atoms with Crippen LogP contribution >= 0.6 is 0 Å². The van der Waals surface area contributed by atoms with Gasteiger partial charge in [-0.05, 0) is 25.7 Å². The van der Waals surface area contributed by atoms with Gasteiger partial charge in [0.2, 0.25) is 5.91 Å². The largest absolute Gasteiger partial charge is 0.353 e. The van der Waals surface area contributed by atoms with Gasteiger partial charge in [0.05, 0.1) is 0 Å². The summed E-state index contributed by atoms with van der Waals surface area (Å²) < 4.78 is 0. The molecule has 1 saturated carbocycles. The number of hydrogen-bond acceptors (Lipinski definition) is 1. The fourth-order valence-corrected chi connectivity index (χ4v) is 1.93. The van der Waals surface area contributed by atoms with Crippen molar-refractivity contribution in [2.75, 3.05) is 0 Å². The second-order valence-corrected chi connectivity index (χ2v) is 5.27. The molecule has 2 heteroatoms. The molecule has 14 heavy (non-hydrogen) atoms. The summed E-state index contributed by atoms with van der Waals surface area (Å²) in [6.07, 6.45) is 4.53. The van der Waals surface area contributed by atoms with Crippen LogP contribution in [-0.2, 0) is 4.79 Å². The van der Waals surface area contributed by atoms with Crippen molar-refractivity contribution >= 4 is 5.91 Å². The predicted molar refractivity (Wildman–Crippen MR) is 59.0 cm³/mol. The fraction of sp³-hybridized carbons (Fsp3) is 0.917. The second kappa shape index (κ2) is 4.33. The Morgan fingerprint density at radius 3 is 2.14 bits per heavy atom. The van der Waals surface area contributed by atoms with Gasteiger partial charge in [0.15, 0.2) is 0 Å². The monoisotopic (exact) mass is 197 g/mol. The van der Waals surface area contributed by atoms with Gasteiger partial charge in [-0.25, -0.2) is 0 Å². The van der Waals surface area contributed by atoms with E-state index in [9.17, 15) is 4.79 Å². The molecule has 0 aromatic carbocycles. The maximum atomic E-state index is 12.0. The Hall–Kier alpha value is -0.530. The topological polar surface area (TPSA) is 29.1 Å². The van der Waals surface area contributed by atoms with E-state index < -0.39 is 0 Å².